The van der Waals surface area contributed by atoms with Crippen LogP contribution in [0.4, 0.5) is 26.3 Å². The van der Waals surface area contributed by atoms with Gasteiger partial charge in [-0.25, -0.2) is 4.98 Å². The van der Waals surface area contributed by atoms with E-state index in [4.69, 9.17) is 0 Å². The zero-order chi connectivity index (χ0) is 26.8. The smallest absolute Gasteiger partial charge is 0.366 e. The topological polar surface area (TPSA) is 81.2 Å². The number of benzene rings is 1. The van der Waals surface area contributed by atoms with Gasteiger partial charge in [0.05, 0.1) is 0 Å². The normalized spacial score (nSPS) is 18.9. The third-order valence-electron chi connectivity index (χ3n) is 7.30. The Morgan fingerprint density at radius 1 is 1.11 bits per heavy atom. The second-order valence-corrected chi connectivity index (χ2v) is 9.63. The van der Waals surface area contributed by atoms with E-state index in [-0.39, 0.29) is 12.5 Å². The lowest BCUT2D eigenvalue weighted by Gasteiger charge is -2.38. The summed E-state index contributed by atoms with van der Waals surface area (Å²) in [5, 5.41) is 13.9. The molecule has 6 nitrogen and oxygen atoms in total. The van der Waals surface area contributed by atoms with Gasteiger partial charge in [0.15, 0.2) is 0 Å². The van der Waals surface area contributed by atoms with Crippen molar-refractivity contribution >= 4 is 16.9 Å². The summed E-state index contributed by atoms with van der Waals surface area (Å²) in [6, 6.07) is 5.52. The Hall–Kier alpha value is -3.12. The lowest BCUT2D eigenvalue weighted by molar-refractivity contribution is -0.353. The maximum atomic E-state index is 13.3. The second-order valence-electron chi connectivity index (χ2n) is 9.63. The van der Waals surface area contributed by atoms with Gasteiger partial charge < -0.3 is 20.3 Å². The van der Waals surface area contributed by atoms with Crippen LogP contribution in [-0.2, 0) is 17.8 Å². The number of rotatable bonds is 3. The molecule has 3 aromatic rings. The van der Waals surface area contributed by atoms with Gasteiger partial charge >= 0.3 is 18.0 Å². The van der Waals surface area contributed by atoms with E-state index in [1.165, 1.54) is 0 Å². The Labute approximate surface area is 207 Å². The van der Waals surface area contributed by atoms with Crippen molar-refractivity contribution in [3.8, 4) is 11.1 Å². The molecular formula is C25H24F6N4O2. The number of carbonyl (C=O) groups excluding carboxylic acids is 1. The van der Waals surface area contributed by atoms with Crippen LogP contribution in [0.1, 0.15) is 41.1 Å². The summed E-state index contributed by atoms with van der Waals surface area (Å²) in [4.78, 5) is 20.6. The first kappa shape index (κ1) is 25.5. The van der Waals surface area contributed by atoms with E-state index < -0.39 is 37.0 Å². The molecular weight excluding hydrogens is 502 g/mol. The van der Waals surface area contributed by atoms with Crippen LogP contribution >= 0.6 is 0 Å². The van der Waals surface area contributed by atoms with Gasteiger partial charge in [0, 0.05) is 42.5 Å². The van der Waals surface area contributed by atoms with Crippen molar-refractivity contribution < 1.29 is 36.2 Å². The highest BCUT2D eigenvalue weighted by atomic mass is 19.4. The van der Waals surface area contributed by atoms with Gasteiger partial charge in [-0.3, -0.25) is 4.79 Å². The van der Waals surface area contributed by atoms with E-state index in [1.54, 1.807) is 6.20 Å². The Morgan fingerprint density at radius 2 is 1.84 bits per heavy atom. The van der Waals surface area contributed by atoms with Crippen molar-refractivity contribution in [2.45, 2.75) is 56.7 Å². The standard InChI is InChI=1S/C25H24F6N4O2/c1-13-10-33-21-17(13)9-16(11-34-21)15-7-14-4-6-35(12-19(14)18(8-15)20-3-2-5-32-20)22(36)23(37,24(26,27)28)25(29,30)31/h7-11,20,32,37H,2-6,12H2,1H3,(H,33,34). The van der Waals surface area contributed by atoms with Crippen LogP contribution in [0, 0.1) is 6.92 Å². The Balaban J connectivity index is 1.56. The van der Waals surface area contributed by atoms with Gasteiger partial charge in [-0.05, 0) is 72.7 Å². The predicted molar refractivity (Wildman–Crippen MR) is 122 cm³/mol. The van der Waals surface area contributed by atoms with E-state index >= 15 is 0 Å². The molecule has 1 fully saturated rings. The summed E-state index contributed by atoms with van der Waals surface area (Å²) in [5.41, 5.74) is -0.142. The average Bonchev–Trinajstić information content (AvgIpc) is 3.51. The fourth-order valence-electron chi connectivity index (χ4n) is 5.22. The van der Waals surface area contributed by atoms with Gasteiger partial charge in [-0.2, -0.15) is 26.3 Å². The van der Waals surface area contributed by atoms with Crippen molar-refractivity contribution in [3.63, 3.8) is 0 Å². The fraction of sp³-hybridized carbons (Fsp3) is 0.440. The molecule has 2 aliphatic heterocycles. The molecule has 1 atom stereocenters. The number of pyridine rings is 1. The number of halogens is 6. The highest BCUT2D eigenvalue weighted by Crippen LogP contribution is 2.45. The Bertz CT molecular complexity index is 1340. The molecule has 0 aliphatic carbocycles. The first-order valence-corrected chi connectivity index (χ1v) is 11.8. The molecule has 1 amide bonds. The number of aryl methyl sites for hydroxylation is 1. The molecule has 1 aromatic carbocycles. The van der Waals surface area contributed by atoms with E-state index in [0.717, 1.165) is 51.7 Å². The van der Waals surface area contributed by atoms with Crippen LogP contribution in [-0.4, -0.2) is 56.9 Å². The number of aromatic amines is 1. The minimum Gasteiger partial charge on any atom is -0.366 e. The van der Waals surface area contributed by atoms with Gasteiger partial charge in [-0.15, -0.1) is 0 Å². The number of hydrogen-bond acceptors (Lipinski definition) is 4. The number of H-pyrrole nitrogens is 1. The molecule has 5 rings (SSSR count). The summed E-state index contributed by atoms with van der Waals surface area (Å²) in [5.74, 6) is -2.41. The van der Waals surface area contributed by atoms with Crippen LogP contribution in [0.2, 0.25) is 0 Å². The summed E-state index contributed by atoms with van der Waals surface area (Å²) in [6.07, 6.45) is -7.26. The van der Waals surface area contributed by atoms with Crippen molar-refractivity contribution in [1.82, 2.24) is 20.2 Å². The summed E-state index contributed by atoms with van der Waals surface area (Å²) in [7, 11) is 0. The molecule has 198 valence electrons. The predicted octanol–water partition coefficient (Wildman–Crippen LogP) is 4.70. The number of hydrogen-bond donors (Lipinski definition) is 3. The highest BCUT2D eigenvalue weighted by molar-refractivity contribution is 5.88. The Morgan fingerprint density at radius 3 is 2.49 bits per heavy atom. The van der Waals surface area contributed by atoms with Crippen LogP contribution < -0.4 is 5.32 Å². The van der Waals surface area contributed by atoms with Crippen molar-refractivity contribution in [2.75, 3.05) is 13.1 Å². The first-order chi connectivity index (χ1) is 17.3. The summed E-state index contributed by atoms with van der Waals surface area (Å²) >= 11 is 0. The zero-order valence-electron chi connectivity index (χ0n) is 19.7. The average molecular weight is 526 g/mol. The maximum Gasteiger partial charge on any atom is 0.435 e. The number of aromatic nitrogens is 2. The third-order valence-corrected chi connectivity index (χ3v) is 7.30. The van der Waals surface area contributed by atoms with E-state index in [1.807, 2.05) is 31.3 Å². The van der Waals surface area contributed by atoms with Crippen LogP contribution in [0.15, 0.2) is 30.6 Å². The molecule has 12 heteroatoms. The van der Waals surface area contributed by atoms with E-state index in [2.05, 4.69) is 15.3 Å². The third kappa shape index (κ3) is 4.15. The monoisotopic (exact) mass is 526 g/mol. The summed E-state index contributed by atoms with van der Waals surface area (Å²) < 4.78 is 80.1. The molecule has 37 heavy (non-hydrogen) atoms. The Kier molecular flexibility index (Phi) is 6.02. The minimum atomic E-state index is -6.22. The molecule has 0 saturated carbocycles. The second kappa shape index (κ2) is 8.73. The number of aliphatic hydroxyl groups is 1. The molecule has 2 aromatic heterocycles. The quantitative estimate of drug-likeness (QED) is 0.432. The van der Waals surface area contributed by atoms with Gasteiger partial charge in [-0.1, -0.05) is 6.07 Å². The summed E-state index contributed by atoms with van der Waals surface area (Å²) in [6.45, 7) is 1.80. The van der Waals surface area contributed by atoms with Crippen LogP contribution in [0.5, 0.6) is 0 Å². The molecule has 2 aliphatic rings. The number of amides is 1. The van der Waals surface area contributed by atoms with Crippen molar-refractivity contribution in [1.29, 1.82) is 0 Å². The van der Waals surface area contributed by atoms with Crippen molar-refractivity contribution in [2.24, 2.45) is 0 Å². The number of alkyl halides is 6. The van der Waals surface area contributed by atoms with Gasteiger partial charge in [0.2, 0.25) is 0 Å². The lowest BCUT2D eigenvalue weighted by atomic mass is 9.86. The molecule has 0 radical (unpaired) electrons. The molecule has 0 spiro atoms. The largest absolute Gasteiger partial charge is 0.435 e. The van der Waals surface area contributed by atoms with Gasteiger partial charge in [0.25, 0.3) is 5.91 Å². The number of fused-ring (bicyclic) bond motifs is 2. The number of nitrogens with one attached hydrogen (secondary N) is 2. The number of carbonyl (C=O) groups is 1. The SMILES string of the molecule is Cc1c[nH]c2ncc(-c3cc4c(c(C5CCCN5)c3)CN(C(=O)C(O)(C(F)(F)F)C(F)(F)F)CC4)cc12. The maximum absolute atomic E-state index is 13.3. The van der Waals surface area contributed by atoms with Crippen LogP contribution in [0.3, 0.4) is 0 Å². The highest BCUT2D eigenvalue weighted by Gasteiger charge is 2.76. The van der Waals surface area contributed by atoms with Gasteiger partial charge in [0.1, 0.15) is 5.65 Å². The molecule has 1 saturated heterocycles. The zero-order valence-corrected chi connectivity index (χ0v) is 19.7. The molecule has 1 unspecified atom stereocenters. The first-order valence-electron chi connectivity index (χ1n) is 11.8. The molecule has 4 heterocycles. The number of nitrogens with zero attached hydrogens (tertiary/aromatic N) is 2. The molecule has 0 bridgehead atoms. The fourth-order valence-corrected chi connectivity index (χ4v) is 5.22. The minimum absolute atomic E-state index is 0.0410. The van der Waals surface area contributed by atoms with E-state index in [9.17, 15) is 36.2 Å². The van der Waals surface area contributed by atoms with Crippen LogP contribution in [0.25, 0.3) is 22.2 Å². The lowest BCUT2D eigenvalue weighted by Crippen LogP contribution is -2.66. The molecule has 3 N–H and O–H groups in total. The van der Waals surface area contributed by atoms with Crippen molar-refractivity contribution in [3.05, 3.63) is 52.8 Å². The van der Waals surface area contributed by atoms with E-state index in [0.29, 0.717) is 17.0 Å².